The van der Waals surface area contributed by atoms with E-state index in [2.05, 4.69) is 15.2 Å². The number of hydrogen-bond donors (Lipinski definition) is 1. The maximum Gasteiger partial charge on any atom is 0.293 e. The minimum Gasteiger partial charge on any atom is -0.366 e. The van der Waals surface area contributed by atoms with Crippen molar-refractivity contribution < 1.29 is 9.72 Å². The quantitative estimate of drug-likeness (QED) is 0.568. The molecule has 0 saturated carbocycles. The van der Waals surface area contributed by atoms with Crippen LogP contribution in [-0.2, 0) is 6.54 Å². The van der Waals surface area contributed by atoms with Gasteiger partial charge in [0, 0.05) is 36.6 Å². The first kappa shape index (κ1) is 19.8. The smallest absolute Gasteiger partial charge is 0.293 e. The van der Waals surface area contributed by atoms with E-state index in [1.54, 1.807) is 12.1 Å². The highest BCUT2D eigenvalue weighted by Crippen LogP contribution is 2.32. The van der Waals surface area contributed by atoms with Crippen LogP contribution in [0.25, 0.3) is 0 Å². The molecule has 1 aromatic heterocycles. The lowest BCUT2D eigenvalue weighted by Gasteiger charge is -2.25. The highest BCUT2D eigenvalue weighted by atomic mass is 32.1. The van der Waals surface area contributed by atoms with Gasteiger partial charge in [-0.3, -0.25) is 25.1 Å². The van der Waals surface area contributed by atoms with Crippen molar-refractivity contribution >= 4 is 33.8 Å². The fourth-order valence-corrected chi connectivity index (χ4v) is 4.69. The molecule has 0 spiro atoms. The second-order valence-corrected chi connectivity index (χ2v) is 8.45. The Kier molecular flexibility index (Phi) is 6.05. The number of carbonyl (C=O) groups is 1. The van der Waals surface area contributed by atoms with E-state index in [0.29, 0.717) is 10.8 Å². The van der Waals surface area contributed by atoms with Crippen molar-refractivity contribution in [1.29, 1.82) is 0 Å². The molecule has 1 aromatic carbocycles. The van der Waals surface area contributed by atoms with Crippen molar-refractivity contribution in [3.8, 4) is 0 Å². The summed E-state index contributed by atoms with van der Waals surface area (Å²) in [5, 5.41) is 16.8. The number of aromatic nitrogens is 1. The van der Waals surface area contributed by atoms with E-state index >= 15 is 0 Å². The van der Waals surface area contributed by atoms with Crippen molar-refractivity contribution in [1.82, 2.24) is 9.88 Å². The molecule has 2 aliphatic heterocycles. The van der Waals surface area contributed by atoms with Crippen molar-refractivity contribution in [3.05, 3.63) is 45.0 Å². The number of nitro benzene ring substituents is 1. The molecule has 0 aliphatic carbocycles. The zero-order valence-corrected chi connectivity index (χ0v) is 17.1. The van der Waals surface area contributed by atoms with Gasteiger partial charge in [0.2, 0.25) is 0 Å². The molecular formula is C20H25N5O3S. The summed E-state index contributed by atoms with van der Waals surface area (Å²) in [4.78, 5) is 32.7. The molecule has 2 aromatic rings. The molecule has 2 saturated heterocycles. The molecule has 0 atom stereocenters. The van der Waals surface area contributed by atoms with Crippen LogP contribution in [-0.4, -0.2) is 46.9 Å². The SMILES string of the molecule is O=C(Nc1nc(CN2CCCCC2)cs1)c1ccc(N2CCCC2)c([N+](=O)[O-])c1. The van der Waals surface area contributed by atoms with Gasteiger partial charge >= 0.3 is 0 Å². The minimum atomic E-state index is -0.412. The van der Waals surface area contributed by atoms with Crippen molar-refractivity contribution in [2.45, 2.75) is 38.6 Å². The number of amides is 1. The summed E-state index contributed by atoms with van der Waals surface area (Å²) >= 11 is 1.38. The molecule has 0 radical (unpaired) electrons. The Morgan fingerprint density at radius 3 is 2.59 bits per heavy atom. The molecule has 29 heavy (non-hydrogen) atoms. The number of hydrogen-bond acceptors (Lipinski definition) is 7. The lowest BCUT2D eigenvalue weighted by molar-refractivity contribution is -0.384. The number of nitrogens with zero attached hydrogens (tertiary/aromatic N) is 4. The lowest BCUT2D eigenvalue weighted by atomic mass is 10.1. The first-order chi connectivity index (χ1) is 14.1. The van der Waals surface area contributed by atoms with Gasteiger partial charge in [-0.25, -0.2) is 4.98 Å². The number of nitro groups is 1. The highest BCUT2D eigenvalue weighted by molar-refractivity contribution is 7.14. The molecule has 2 aliphatic rings. The predicted molar refractivity (Wildman–Crippen MR) is 114 cm³/mol. The van der Waals surface area contributed by atoms with Gasteiger partial charge in [-0.1, -0.05) is 6.42 Å². The monoisotopic (exact) mass is 415 g/mol. The van der Waals surface area contributed by atoms with E-state index in [0.717, 1.165) is 51.3 Å². The second-order valence-electron chi connectivity index (χ2n) is 7.59. The van der Waals surface area contributed by atoms with Crippen LogP contribution in [0.2, 0.25) is 0 Å². The van der Waals surface area contributed by atoms with Gasteiger partial charge < -0.3 is 4.90 Å². The van der Waals surface area contributed by atoms with Crippen LogP contribution in [0.3, 0.4) is 0 Å². The van der Waals surface area contributed by atoms with Crippen LogP contribution in [0.5, 0.6) is 0 Å². The lowest BCUT2D eigenvalue weighted by Crippen LogP contribution is -2.29. The molecule has 2 fully saturated rings. The molecular weight excluding hydrogens is 390 g/mol. The predicted octanol–water partition coefficient (Wildman–Crippen LogP) is 3.89. The van der Waals surface area contributed by atoms with Gasteiger partial charge in [0.1, 0.15) is 5.69 Å². The van der Waals surface area contributed by atoms with Crippen molar-refractivity contribution in [3.63, 3.8) is 0 Å². The molecule has 3 heterocycles. The number of benzene rings is 1. The number of thiazole rings is 1. The third kappa shape index (κ3) is 4.73. The summed E-state index contributed by atoms with van der Waals surface area (Å²) < 4.78 is 0. The summed E-state index contributed by atoms with van der Waals surface area (Å²) in [7, 11) is 0. The number of anilines is 2. The first-order valence-corrected chi connectivity index (χ1v) is 11.0. The minimum absolute atomic E-state index is 0.0236. The molecule has 154 valence electrons. The zero-order chi connectivity index (χ0) is 20.2. The molecule has 9 heteroatoms. The molecule has 1 amide bonds. The third-order valence-corrected chi connectivity index (χ3v) is 6.29. The fourth-order valence-electron chi connectivity index (χ4n) is 3.99. The summed E-state index contributed by atoms with van der Waals surface area (Å²) in [5.74, 6) is -0.375. The number of nitrogens with one attached hydrogen (secondary N) is 1. The van der Waals surface area contributed by atoms with Crippen LogP contribution >= 0.6 is 11.3 Å². The van der Waals surface area contributed by atoms with Gasteiger partial charge in [-0.05, 0) is 50.9 Å². The molecule has 1 N–H and O–H groups in total. The number of likely N-dealkylation sites (tertiary alicyclic amines) is 1. The van der Waals surface area contributed by atoms with Crippen molar-refractivity contribution in [2.75, 3.05) is 36.4 Å². The van der Waals surface area contributed by atoms with E-state index in [-0.39, 0.29) is 17.2 Å². The summed E-state index contributed by atoms with van der Waals surface area (Å²) in [5.41, 5.74) is 1.78. The van der Waals surface area contributed by atoms with Gasteiger partial charge in [-0.15, -0.1) is 11.3 Å². The van der Waals surface area contributed by atoms with E-state index in [1.165, 1.54) is 36.7 Å². The number of rotatable bonds is 6. The van der Waals surface area contributed by atoms with Crippen molar-refractivity contribution in [2.24, 2.45) is 0 Å². The summed E-state index contributed by atoms with van der Waals surface area (Å²) in [6.07, 6.45) is 5.80. The average molecular weight is 416 g/mol. The molecule has 0 unspecified atom stereocenters. The zero-order valence-electron chi connectivity index (χ0n) is 16.3. The Bertz CT molecular complexity index is 888. The molecule has 0 bridgehead atoms. The Labute approximate surface area is 173 Å². The maximum absolute atomic E-state index is 12.6. The Balaban J connectivity index is 1.44. The Hall–Kier alpha value is -2.52. The number of piperidine rings is 1. The van der Waals surface area contributed by atoms with Crippen LogP contribution in [0.1, 0.15) is 48.2 Å². The normalized spacial score (nSPS) is 17.4. The maximum atomic E-state index is 12.6. The number of carbonyl (C=O) groups excluding carboxylic acids is 1. The van der Waals surface area contributed by atoms with E-state index in [1.807, 2.05) is 10.3 Å². The summed E-state index contributed by atoms with van der Waals surface area (Å²) in [6, 6.07) is 4.70. The van der Waals surface area contributed by atoms with E-state index < -0.39 is 4.92 Å². The molecule has 8 nitrogen and oxygen atoms in total. The van der Waals surface area contributed by atoms with Gasteiger partial charge in [0.15, 0.2) is 5.13 Å². The first-order valence-electron chi connectivity index (χ1n) is 10.1. The van der Waals surface area contributed by atoms with E-state index in [4.69, 9.17) is 0 Å². The Morgan fingerprint density at radius 1 is 1.14 bits per heavy atom. The van der Waals surface area contributed by atoms with Gasteiger partial charge in [0.25, 0.3) is 11.6 Å². The van der Waals surface area contributed by atoms with Crippen LogP contribution in [0.15, 0.2) is 23.6 Å². The second kappa shape index (κ2) is 8.87. The fraction of sp³-hybridized carbons (Fsp3) is 0.500. The largest absolute Gasteiger partial charge is 0.366 e. The Morgan fingerprint density at radius 2 is 1.86 bits per heavy atom. The third-order valence-electron chi connectivity index (χ3n) is 5.49. The highest BCUT2D eigenvalue weighted by Gasteiger charge is 2.24. The van der Waals surface area contributed by atoms with E-state index in [9.17, 15) is 14.9 Å². The standard InChI is InChI=1S/C20H25N5O3S/c26-19(22-20-21-16(14-29-20)13-23-8-2-1-3-9-23)15-6-7-17(18(12-15)25(27)28)24-10-4-5-11-24/h6-7,12,14H,1-5,8-11,13H2,(H,21,22,26). The topological polar surface area (TPSA) is 91.6 Å². The molecule has 4 rings (SSSR count). The van der Waals surface area contributed by atoms with Crippen LogP contribution < -0.4 is 10.2 Å². The van der Waals surface area contributed by atoms with Crippen LogP contribution in [0, 0.1) is 10.1 Å². The van der Waals surface area contributed by atoms with Gasteiger partial charge in [0.05, 0.1) is 10.6 Å². The summed E-state index contributed by atoms with van der Waals surface area (Å²) in [6.45, 7) is 4.59. The van der Waals surface area contributed by atoms with Gasteiger partial charge in [-0.2, -0.15) is 0 Å². The average Bonchev–Trinajstić information content (AvgIpc) is 3.40. The van der Waals surface area contributed by atoms with Crippen LogP contribution in [0.4, 0.5) is 16.5 Å².